The third-order valence-electron chi connectivity index (χ3n) is 4.51. The molecule has 2 N–H and O–H groups in total. The van der Waals surface area contributed by atoms with Crippen LogP contribution in [0.3, 0.4) is 0 Å². The third-order valence-corrected chi connectivity index (χ3v) is 5.10. The van der Waals surface area contributed by atoms with Crippen molar-refractivity contribution in [3.63, 3.8) is 0 Å². The lowest BCUT2D eigenvalue weighted by molar-refractivity contribution is 0.352. The van der Waals surface area contributed by atoms with Crippen LogP contribution in [0.1, 0.15) is 17.0 Å². The van der Waals surface area contributed by atoms with Crippen LogP contribution in [0.4, 0.5) is 5.69 Å². The van der Waals surface area contributed by atoms with Gasteiger partial charge in [-0.2, -0.15) is 5.26 Å². The van der Waals surface area contributed by atoms with Crippen LogP contribution in [0, 0.1) is 11.3 Å². The highest BCUT2D eigenvalue weighted by Crippen LogP contribution is 2.46. The highest BCUT2D eigenvalue weighted by Gasteiger charge is 2.32. The number of hydrogen-bond acceptors (Lipinski definition) is 6. The van der Waals surface area contributed by atoms with Gasteiger partial charge in [-0.1, -0.05) is 6.07 Å². The monoisotopic (exact) mass is 429 g/mol. The average molecular weight is 430 g/mol. The third kappa shape index (κ3) is 3.28. The van der Waals surface area contributed by atoms with Gasteiger partial charge in [-0.3, -0.25) is 0 Å². The molecule has 6 nitrogen and oxygen atoms in total. The lowest BCUT2D eigenvalue weighted by Gasteiger charge is -2.28. The Hall–Kier alpha value is -2.85. The highest BCUT2D eigenvalue weighted by atomic mass is 79.9. The van der Waals surface area contributed by atoms with E-state index in [2.05, 4.69) is 22.0 Å². The second kappa shape index (κ2) is 7.41. The number of nitrogens with zero attached hydrogens (tertiary/aromatic N) is 2. The lowest BCUT2D eigenvalue weighted by atomic mass is 9.83. The molecule has 140 valence electrons. The Labute approximate surface area is 166 Å². The molecule has 0 fully saturated rings. The lowest BCUT2D eigenvalue weighted by Crippen LogP contribution is -2.21. The van der Waals surface area contributed by atoms with Crippen LogP contribution >= 0.6 is 15.9 Å². The van der Waals surface area contributed by atoms with Crippen molar-refractivity contribution >= 4 is 21.6 Å². The summed E-state index contributed by atoms with van der Waals surface area (Å²) in [6.45, 7) is 0. The van der Waals surface area contributed by atoms with Gasteiger partial charge in [0.15, 0.2) is 11.5 Å². The van der Waals surface area contributed by atoms with Crippen LogP contribution in [0.15, 0.2) is 46.3 Å². The van der Waals surface area contributed by atoms with Gasteiger partial charge >= 0.3 is 0 Å². The summed E-state index contributed by atoms with van der Waals surface area (Å²) in [5, 5.41) is 9.71. The van der Waals surface area contributed by atoms with Gasteiger partial charge in [0, 0.05) is 31.4 Å². The van der Waals surface area contributed by atoms with E-state index in [1.54, 1.807) is 14.2 Å². The Kier molecular flexibility index (Phi) is 5.19. The molecule has 0 aromatic heterocycles. The molecule has 1 heterocycles. The van der Waals surface area contributed by atoms with Gasteiger partial charge in [0.2, 0.25) is 5.88 Å². The molecule has 0 spiro atoms. The van der Waals surface area contributed by atoms with Crippen molar-refractivity contribution in [3.05, 3.63) is 57.4 Å². The number of ether oxygens (including phenoxy) is 3. The van der Waals surface area contributed by atoms with Gasteiger partial charge in [-0.25, -0.2) is 0 Å². The number of benzene rings is 2. The fourth-order valence-electron chi connectivity index (χ4n) is 3.17. The molecule has 7 heteroatoms. The van der Waals surface area contributed by atoms with E-state index in [4.69, 9.17) is 19.9 Å². The maximum absolute atomic E-state index is 9.71. The number of halogens is 1. The largest absolute Gasteiger partial charge is 0.493 e. The summed E-state index contributed by atoms with van der Waals surface area (Å²) in [6.07, 6.45) is 0. The first-order valence-electron chi connectivity index (χ1n) is 8.21. The van der Waals surface area contributed by atoms with Crippen molar-refractivity contribution in [2.75, 3.05) is 33.2 Å². The quantitative estimate of drug-likeness (QED) is 0.796. The molecule has 3 rings (SSSR count). The number of anilines is 1. The van der Waals surface area contributed by atoms with E-state index in [1.807, 2.05) is 49.3 Å². The van der Waals surface area contributed by atoms with Gasteiger partial charge in [-0.05, 0) is 39.7 Å². The fraction of sp³-hybridized carbons (Fsp3) is 0.250. The van der Waals surface area contributed by atoms with Crippen molar-refractivity contribution in [1.29, 1.82) is 5.26 Å². The molecule has 2 aromatic carbocycles. The number of nitrogens with two attached hydrogens (primary N) is 1. The van der Waals surface area contributed by atoms with Crippen molar-refractivity contribution in [3.8, 4) is 23.3 Å². The number of methoxy groups -OCH3 is 2. The van der Waals surface area contributed by atoms with Crippen LogP contribution in [-0.4, -0.2) is 28.3 Å². The zero-order chi connectivity index (χ0) is 19.7. The average Bonchev–Trinajstić information content (AvgIpc) is 2.65. The standard InChI is InChI=1S/C20H20BrN3O3/c1-24(2)12-5-6-13-16(9-12)27-20(23)14(10-22)18(13)11-7-15(21)19(26-4)17(8-11)25-3/h5-9,18H,23H2,1-4H3. The number of nitriles is 1. The van der Waals surface area contributed by atoms with E-state index in [0.29, 0.717) is 22.8 Å². The molecule has 0 radical (unpaired) electrons. The first kappa shape index (κ1) is 18.9. The Morgan fingerprint density at radius 1 is 1.19 bits per heavy atom. The summed E-state index contributed by atoms with van der Waals surface area (Å²) < 4.78 is 17.3. The molecule has 0 amide bonds. The van der Waals surface area contributed by atoms with Crippen LogP contribution in [0.2, 0.25) is 0 Å². The Morgan fingerprint density at radius 3 is 2.52 bits per heavy atom. The predicted octanol–water partition coefficient (Wildman–Crippen LogP) is 3.75. The Morgan fingerprint density at radius 2 is 1.93 bits per heavy atom. The maximum atomic E-state index is 9.71. The predicted molar refractivity (Wildman–Crippen MR) is 107 cm³/mol. The molecule has 27 heavy (non-hydrogen) atoms. The summed E-state index contributed by atoms with van der Waals surface area (Å²) in [5.74, 6) is 1.53. The Balaban J connectivity index is 2.23. The van der Waals surface area contributed by atoms with Gasteiger partial charge < -0.3 is 24.8 Å². The molecule has 2 aromatic rings. The summed E-state index contributed by atoms with van der Waals surface area (Å²) in [5.41, 5.74) is 9.13. The van der Waals surface area contributed by atoms with Crippen LogP contribution in [0.5, 0.6) is 17.2 Å². The van der Waals surface area contributed by atoms with Gasteiger partial charge in [0.25, 0.3) is 0 Å². The molecule has 1 aliphatic rings. The summed E-state index contributed by atoms with van der Waals surface area (Å²) in [7, 11) is 7.05. The second-order valence-electron chi connectivity index (χ2n) is 6.28. The SMILES string of the molecule is COc1cc(C2C(C#N)=C(N)Oc3cc(N(C)C)ccc32)cc(Br)c1OC. The first-order valence-corrected chi connectivity index (χ1v) is 9.00. The summed E-state index contributed by atoms with van der Waals surface area (Å²) >= 11 is 3.52. The zero-order valence-corrected chi connectivity index (χ0v) is 17.1. The van der Waals surface area contributed by atoms with Crippen molar-refractivity contribution in [1.82, 2.24) is 0 Å². The van der Waals surface area contributed by atoms with Gasteiger partial charge in [0.1, 0.15) is 17.4 Å². The molecule has 0 saturated heterocycles. The van der Waals surface area contributed by atoms with Crippen molar-refractivity contribution in [2.24, 2.45) is 5.73 Å². The smallest absolute Gasteiger partial charge is 0.205 e. The Bertz CT molecular complexity index is 964. The summed E-state index contributed by atoms with van der Waals surface area (Å²) in [6, 6.07) is 11.8. The van der Waals surface area contributed by atoms with Crippen LogP contribution in [0.25, 0.3) is 0 Å². The fourth-order valence-corrected chi connectivity index (χ4v) is 3.79. The second-order valence-corrected chi connectivity index (χ2v) is 7.13. The maximum Gasteiger partial charge on any atom is 0.205 e. The number of rotatable bonds is 4. The van der Waals surface area contributed by atoms with E-state index in [1.165, 1.54) is 0 Å². The number of allylic oxidation sites excluding steroid dienone is 1. The molecule has 1 atom stereocenters. The molecule has 0 bridgehead atoms. The van der Waals surface area contributed by atoms with Gasteiger partial charge in [0.05, 0.1) is 24.6 Å². The minimum absolute atomic E-state index is 0.108. The number of hydrogen-bond donors (Lipinski definition) is 1. The normalized spacial score (nSPS) is 15.5. The zero-order valence-electron chi connectivity index (χ0n) is 15.5. The summed E-state index contributed by atoms with van der Waals surface area (Å²) in [4.78, 5) is 1.98. The van der Waals surface area contributed by atoms with E-state index in [9.17, 15) is 5.26 Å². The molecular weight excluding hydrogens is 410 g/mol. The molecule has 1 aliphatic heterocycles. The van der Waals surface area contributed by atoms with E-state index in [0.717, 1.165) is 21.3 Å². The topological polar surface area (TPSA) is 80.7 Å². The van der Waals surface area contributed by atoms with Crippen LogP contribution in [-0.2, 0) is 0 Å². The molecule has 0 saturated carbocycles. The van der Waals surface area contributed by atoms with E-state index < -0.39 is 0 Å². The van der Waals surface area contributed by atoms with E-state index >= 15 is 0 Å². The first-order chi connectivity index (χ1) is 12.9. The van der Waals surface area contributed by atoms with Crippen molar-refractivity contribution < 1.29 is 14.2 Å². The van der Waals surface area contributed by atoms with Crippen molar-refractivity contribution in [2.45, 2.75) is 5.92 Å². The molecule has 1 unspecified atom stereocenters. The molecule has 0 aliphatic carbocycles. The van der Waals surface area contributed by atoms with Crippen LogP contribution < -0.4 is 24.8 Å². The minimum atomic E-state index is -0.369. The highest BCUT2D eigenvalue weighted by molar-refractivity contribution is 9.10. The number of fused-ring (bicyclic) bond motifs is 1. The van der Waals surface area contributed by atoms with E-state index in [-0.39, 0.29) is 11.8 Å². The minimum Gasteiger partial charge on any atom is -0.493 e. The van der Waals surface area contributed by atoms with Gasteiger partial charge in [-0.15, -0.1) is 0 Å². The molecular formula is C20H20BrN3O3.